The number of nitrogens with one attached hydrogen (secondary N) is 2. The molecule has 0 fully saturated rings. The van der Waals surface area contributed by atoms with Crippen LogP contribution in [0.3, 0.4) is 0 Å². The van der Waals surface area contributed by atoms with E-state index in [1.807, 2.05) is 6.07 Å². The van der Waals surface area contributed by atoms with E-state index in [0.717, 1.165) is 0 Å². The first-order valence-corrected chi connectivity index (χ1v) is 6.12. The lowest BCUT2D eigenvalue weighted by molar-refractivity contribution is -0.403. The molecule has 3 N–H and O–H groups in total. The van der Waals surface area contributed by atoms with E-state index in [9.17, 15) is 15.2 Å². The molecule has 0 saturated heterocycles. The average molecular weight is 297 g/mol. The number of rotatable bonds is 5. The average Bonchev–Trinajstić information content (AvgIpc) is 2.49. The second-order valence-corrected chi connectivity index (χ2v) is 4.14. The Morgan fingerprint density at radius 1 is 1.36 bits per heavy atom. The highest BCUT2D eigenvalue weighted by Crippen LogP contribution is 2.25. The predicted octanol–water partition coefficient (Wildman–Crippen LogP) is 2.26. The summed E-state index contributed by atoms with van der Waals surface area (Å²) in [4.78, 5) is 14.1. The Bertz CT molecular complexity index is 753. The summed E-state index contributed by atoms with van der Waals surface area (Å²) >= 11 is 0. The van der Waals surface area contributed by atoms with Gasteiger partial charge in [0.25, 0.3) is 6.20 Å². The van der Waals surface area contributed by atoms with E-state index in [1.54, 1.807) is 18.2 Å². The Balaban J connectivity index is 2.24. The first kappa shape index (κ1) is 14.8. The van der Waals surface area contributed by atoms with Crippen molar-refractivity contribution in [2.75, 3.05) is 10.6 Å². The van der Waals surface area contributed by atoms with Crippen LogP contribution in [-0.4, -0.2) is 15.0 Å². The molecule has 8 heteroatoms. The van der Waals surface area contributed by atoms with Gasteiger partial charge in [-0.05, 0) is 30.3 Å². The number of phenols is 1. The van der Waals surface area contributed by atoms with Gasteiger partial charge >= 0.3 is 0 Å². The van der Waals surface area contributed by atoms with Gasteiger partial charge in [-0.1, -0.05) is 6.07 Å². The Hall–Kier alpha value is -3.60. The first-order valence-electron chi connectivity index (χ1n) is 6.12. The van der Waals surface area contributed by atoms with Crippen molar-refractivity contribution in [2.24, 2.45) is 0 Å². The monoisotopic (exact) mass is 297 g/mol. The lowest BCUT2D eigenvalue weighted by Gasteiger charge is -2.12. The lowest BCUT2D eigenvalue weighted by atomic mass is 10.2. The lowest BCUT2D eigenvalue weighted by Crippen LogP contribution is -2.12. The Morgan fingerprint density at radius 2 is 2.18 bits per heavy atom. The summed E-state index contributed by atoms with van der Waals surface area (Å²) < 4.78 is 0. The molecule has 1 aromatic carbocycles. The van der Waals surface area contributed by atoms with Crippen LogP contribution < -0.4 is 10.6 Å². The standard InChI is InChI=1S/C14H11N5O3/c15-8-10-4-5-11(12(20)7-10)17-14(9-19(21)22)18-13-3-1-2-6-16-13/h1-7,9,17,20H,(H,16,18). The van der Waals surface area contributed by atoms with Crippen LogP contribution in [0.2, 0.25) is 0 Å². The van der Waals surface area contributed by atoms with Gasteiger partial charge in [-0.3, -0.25) is 10.1 Å². The molecule has 0 spiro atoms. The smallest absolute Gasteiger partial charge is 0.274 e. The molecule has 0 aliphatic rings. The number of hydrogen-bond donors (Lipinski definition) is 3. The fourth-order valence-corrected chi connectivity index (χ4v) is 1.63. The van der Waals surface area contributed by atoms with Crippen molar-refractivity contribution < 1.29 is 10.0 Å². The van der Waals surface area contributed by atoms with Crippen LogP contribution in [0.5, 0.6) is 5.75 Å². The van der Waals surface area contributed by atoms with Crippen LogP contribution in [0.4, 0.5) is 11.5 Å². The van der Waals surface area contributed by atoms with Crippen molar-refractivity contribution in [1.82, 2.24) is 4.98 Å². The maximum atomic E-state index is 10.7. The minimum absolute atomic E-state index is 0.0173. The summed E-state index contributed by atoms with van der Waals surface area (Å²) in [6, 6.07) is 11.1. The number of aromatic nitrogens is 1. The molecule has 0 bridgehead atoms. The molecule has 8 nitrogen and oxygen atoms in total. The van der Waals surface area contributed by atoms with E-state index in [1.165, 1.54) is 24.4 Å². The number of phenolic OH excluding ortho intramolecular Hbond substituents is 1. The van der Waals surface area contributed by atoms with Crippen molar-refractivity contribution in [3.63, 3.8) is 0 Å². The van der Waals surface area contributed by atoms with Crippen molar-refractivity contribution in [1.29, 1.82) is 5.26 Å². The fourth-order valence-electron chi connectivity index (χ4n) is 1.63. The van der Waals surface area contributed by atoms with Gasteiger partial charge in [0.2, 0.25) is 0 Å². The minimum atomic E-state index is -0.640. The Kier molecular flexibility index (Phi) is 4.52. The van der Waals surface area contributed by atoms with Crippen LogP contribution >= 0.6 is 0 Å². The zero-order valence-electron chi connectivity index (χ0n) is 11.2. The molecule has 110 valence electrons. The van der Waals surface area contributed by atoms with Crippen LogP contribution in [0.15, 0.2) is 54.6 Å². The Morgan fingerprint density at radius 3 is 2.77 bits per heavy atom. The number of anilines is 2. The van der Waals surface area contributed by atoms with Gasteiger partial charge < -0.3 is 15.7 Å². The van der Waals surface area contributed by atoms with Gasteiger partial charge in [0.05, 0.1) is 22.2 Å². The second kappa shape index (κ2) is 6.71. The van der Waals surface area contributed by atoms with Crippen molar-refractivity contribution >= 4 is 11.5 Å². The summed E-state index contributed by atoms with van der Waals surface area (Å²) in [5, 5.41) is 34.7. The number of nitro groups is 1. The van der Waals surface area contributed by atoms with Gasteiger partial charge in [-0.15, -0.1) is 0 Å². The molecule has 0 radical (unpaired) electrons. The maximum Gasteiger partial charge on any atom is 0.274 e. The number of aromatic hydroxyl groups is 1. The molecule has 2 aromatic rings. The predicted molar refractivity (Wildman–Crippen MR) is 79.4 cm³/mol. The second-order valence-electron chi connectivity index (χ2n) is 4.14. The van der Waals surface area contributed by atoms with E-state index in [-0.39, 0.29) is 22.8 Å². The highest BCUT2D eigenvalue weighted by molar-refractivity contribution is 5.62. The van der Waals surface area contributed by atoms with Crippen molar-refractivity contribution in [3.8, 4) is 11.8 Å². The minimum Gasteiger partial charge on any atom is -0.506 e. The first-order chi connectivity index (χ1) is 10.6. The molecule has 22 heavy (non-hydrogen) atoms. The molecule has 0 amide bonds. The number of benzene rings is 1. The topological polar surface area (TPSA) is 124 Å². The number of nitrogens with zero attached hydrogens (tertiary/aromatic N) is 3. The van der Waals surface area contributed by atoms with E-state index in [4.69, 9.17) is 5.26 Å². The molecule has 1 heterocycles. The number of nitriles is 1. The quantitative estimate of drug-likeness (QED) is 0.439. The summed E-state index contributed by atoms with van der Waals surface area (Å²) in [6.07, 6.45) is 2.25. The molecule has 2 rings (SSSR count). The van der Waals surface area contributed by atoms with Crippen LogP contribution in [-0.2, 0) is 0 Å². The summed E-state index contributed by atoms with van der Waals surface area (Å²) in [5.41, 5.74) is 0.496. The van der Waals surface area contributed by atoms with Crippen molar-refractivity contribution in [3.05, 3.63) is 70.3 Å². The van der Waals surface area contributed by atoms with Crippen LogP contribution in [0, 0.1) is 21.4 Å². The van der Waals surface area contributed by atoms with E-state index >= 15 is 0 Å². The van der Waals surface area contributed by atoms with Gasteiger partial charge in [0, 0.05) is 6.20 Å². The highest BCUT2D eigenvalue weighted by atomic mass is 16.6. The zero-order valence-corrected chi connectivity index (χ0v) is 11.2. The maximum absolute atomic E-state index is 10.7. The third kappa shape index (κ3) is 3.94. The van der Waals surface area contributed by atoms with E-state index < -0.39 is 4.92 Å². The molecular weight excluding hydrogens is 286 g/mol. The summed E-state index contributed by atoms with van der Waals surface area (Å²) in [7, 11) is 0. The van der Waals surface area contributed by atoms with Crippen molar-refractivity contribution in [2.45, 2.75) is 0 Å². The molecular formula is C14H11N5O3. The largest absolute Gasteiger partial charge is 0.506 e. The SMILES string of the molecule is N#Cc1ccc(NC(=C[N+](=O)[O-])Nc2ccccn2)c(O)c1. The number of hydrogen-bond acceptors (Lipinski definition) is 7. The van der Waals surface area contributed by atoms with Crippen LogP contribution in [0.1, 0.15) is 5.56 Å². The molecule has 1 aromatic heterocycles. The molecule has 0 aliphatic carbocycles. The van der Waals surface area contributed by atoms with E-state index in [2.05, 4.69) is 15.6 Å². The number of pyridine rings is 1. The normalized spacial score (nSPS) is 10.6. The van der Waals surface area contributed by atoms with Crippen LogP contribution in [0.25, 0.3) is 0 Å². The fraction of sp³-hybridized carbons (Fsp3) is 0. The van der Waals surface area contributed by atoms with Gasteiger partial charge in [0.15, 0.2) is 5.82 Å². The highest BCUT2D eigenvalue weighted by Gasteiger charge is 2.09. The summed E-state index contributed by atoms with van der Waals surface area (Å²) in [6.45, 7) is 0. The summed E-state index contributed by atoms with van der Waals surface area (Å²) in [5.74, 6) is 0.219. The zero-order chi connectivity index (χ0) is 15.9. The molecule has 0 saturated carbocycles. The van der Waals surface area contributed by atoms with Gasteiger partial charge in [-0.25, -0.2) is 4.98 Å². The van der Waals surface area contributed by atoms with Gasteiger partial charge in [-0.2, -0.15) is 5.26 Å². The van der Waals surface area contributed by atoms with E-state index in [0.29, 0.717) is 12.0 Å². The van der Waals surface area contributed by atoms with Gasteiger partial charge in [0.1, 0.15) is 11.6 Å². The molecule has 0 unspecified atom stereocenters. The third-order valence-corrected chi connectivity index (χ3v) is 2.56. The Labute approximate surface area is 125 Å². The molecule has 0 atom stereocenters. The third-order valence-electron chi connectivity index (χ3n) is 2.56. The molecule has 0 aliphatic heterocycles.